The average molecular weight is 353 g/mol. The first-order chi connectivity index (χ1) is 12.8. The van der Waals surface area contributed by atoms with Crippen LogP contribution in [0.4, 0.5) is 5.69 Å². The third-order valence-electron chi connectivity index (χ3n) is 4.86. The molecule has 0 aliphatic heterocycles. The fraction of sp³-hybridized carbons (Fsp3) is 0.409. The van der Waals surface area contributed by atoms with E-state index in [9.17, 15) is 4.79 Å². The van der Waals surface area contributed by atoms with E-state index in [1.165, 1.54) is 19.3 Å². The Morgan fingerprint density at radius 2 is 1.69 bits per heavy atom. The SMILES string of the molecule is COc1ccc(N(Cc2ccccc2)C(=O)COC2CCCCC2)cc1. The van der Waals surface area contributed by atoms with Gasteiger partial charge in [-0.05, 0) is 42.7 Å². The number of ether oxygens (including phenoxy) is 2. The van der Waals surface area contributed by atoms with Crippen LogP contribution in [0.5, 0.6) is 5.75 Å². The summed E-state index contributed by atoms with van der Waals surface area (Å²) in [6.07, 6.45) is 6.03. The van der Waals surface area contributed by atoms with E-state index in [0.717, 1.165) is 29.8 Å². The number of nitrogens with zero attached hydrogens (tertiary/aromatic N) is 1. The van der Waals surface area contributed by atoms with Gasteiger partial charge in [-0.3, -0.25) is 4.79 Å². The smallest absolute Gasteiger partial charge is 0.253 e. The largest absolute Gasteiger partial charge is 0.497 e. The highest BCUT2D eigenvalue weighted by Crippen LogP contribution is 2.23. The lowest BCUT2D eigenvalue weighted by Gasteiger charge is -2.26. The van der Waals surface area contributed by atoms with Crippen molar-refractivity contribution in [2.75, 3.05) is 18.6 Å². The Kier molecular flexibility index (Phi) is 6.67. The summed E-state index contributed by atoms with van der Waals surface area (Å²) < 4.78 is 11.1. The topological polar surface area (TPSA) is 38.8 Å². The molecule has 0 N–H and O–H groups in total. The Labute approximate surface area is 155 Å². The molecule has 0 saturated heterocycles. The Balaban J connectivity index is 1.71. The zero-order valence-corrected chi connectivity index (χ0v) is 15.4. The zero-order valence-electron chi connectivity index (χ0n) is 15.4. The van der Waals surface area contributed by atoms with Gasteiger partial charge in [0.15, 0.2) is 0 Å². The number of benzene rings is 2. The van der Waals surface area contributed by atoms with Crippen LogP contribution in [0.1, 0.15) is 37.7 Å². The van der Waals surface area contributed by atoms with Crippen LogP contribution >= 0.6 is 0 Å². The summed E-state index contributed by atoms with van der Waals surface area (Å²) in [4.78, 5) is 14.7. The molecule has 0 heterocycles. The maximum Gasteiger partial charge on any atom is 0.253 e. The van der Waals surface area contributed by atoms with Gasteiger partial charge in [0.25, 0.3) is 5.91 Å². The molecule has 2 aromatic rings. The van der Waals surface area contributed by atoms with Crippen LogP contribution in [0.3, 0.4) is 0 Å². The summed E-state index contributed by atoms with van der Waals surface area (Å²) in [7, 11) is 1.64. The van der Waals surface area contributed by atoms with Crippen molar-refractivity contribution in [3.63, 3.8) is 0 Å². The molecule has 0 spiro atoms. The van der Waals surface area contributed by atoms with Crippen LogP contribution < -0.4 is 9.64 Å². The van der Waals surface area contributed by atoms with Crippen LogP contribution in [-0.4, -0.2) is 25.7 Å². The van der Waals surface area contributed by atoms with E-state index in [1.54, 1.807) is 12.0 Å². The highest BCUT2D eigenvalue weighted by atomic mass is 16.5. The number of hydrogen-bond donors (Lipinski definition) is 0. The van der Waals surface area contributed by atoms with Crippen molar-refractivity contribution in [1.82, 2.24) is 0 Å². The van der Waals surface area contributed by atoms with E-state index in [0.29, 0.717) is 6.54 Å². The number of carbonyl (C=O) groups excluding carboxylic acids is 1. The van der Waals surface area contributed by atoms with Gasteiger partial charge in [-0.25, -0.2) is 0 Å². The molecule has 3 rings (SSSR count). The van der Waals surface area contributed by atoms with Crippen LogP contribution in [0.15, 0.2) is 54.6 Å². The summed E-state index contributed by atoms with van der Waals surface area (Å²) in [5.41, 5.74) is 1.95. The number of rotatable bonds is 7. The number of hydrogen-bond acceptors (Lipinski definition) is 3. The normalized spacial score (nSPS) is 14.8. The summed E-state index contributed by atoms with van der Waals surface area (Å²) in [6, 6.07) is 17.6. The minimum Gasteiger partial charge on any atom is -0.497 e. The van der Waals surface area contributed by atoms with Gasteiger partial charge in [-0.2, -0.15) is 0 Å². The van der Waals surface area contributed by atoms with Crippen molar-refractivity contribution in [2.24, 2.45) is 0 Å². The molecule has 4 heteroatoms. The first-order valence-electron chi connectivity index (χ1n) is 9.36. The van der Waals surface area contributed by atoms with Gasteiger partial charge in [0.2, 0.25) is 0 Å². The molecule has 138 valence electrons. The molecule has 1 aliphatic carbocycles. The fourth-order valence-electron chi connectivity index (χ4n) is 3.35. The van der Waals surface area contributed by atoms with Crippen molar-refractivity contribution in [3.05, 3.63) is 60.2 Å². The van der Waals surface area contributed by atoms with Crippen molar-refractivity contribution in [3.8, 4) is 5.75 Å². The summed E-state index contributed by atoms with van der Waals surface area (Å²) in [6.45, 7) is 0.656. The molecule has 4 nitrogen and oxygen atoms in total. The Hall–Kier alpha value is -2.33. The van der Waals surface area contributed by atoms with E-state index in [4.69, 9.17) is 9.47 Å². The van der Waals surface area contributed by atoms with E-state index < -0.39 is 0 Å². The minimum atomic E-state index is -0.00964. The predicted octanol–water partition coefficient (Wildman–Crippen LogP) is 4.58. The maximum absolute atomic E-state index is 12.9. The lowest BCUT2D eigenvalue weighted by atomic mass is 9.98. The monoisotopic (exact) mass is 353 g/mol. The van der Waals surface area contributed by atoms with Gasteiger partial charge < -0.3 is 14.4 Å². The summed E-state index contributed by atoms with van der Waals surface area (Å²) in [5, 5.41) is 0. The van der Waals surface area contributed by atoms with Crippen LogP contribution in [0.25, 0.3) is 0 Å². The summed E-state index contributed by atoms with van der Waals surface area (Å²) in [5.74, 6) is 0.768. The van der Waals surface area contributed by atoms with Gasteiger partial charge in [0.1, 0.15) is 12.4 Å². The van der Waals surface area contributed by atoms with Crippen molar-refractivity contribution in [1.29, 1.82) is 0 Å². The van der Waals surface area contributed by atoms with Gasteiger partial charge in [0, 0.05) is 5.69 Å². The Morgan fingerprint density at radius 1 is 1.00 bits per heavy atom. The molecule has 1 fully saturated rings. The third kappa shape index (κ3) is 5.09. The minimum absolute atomic E-state index is 0.00964. The molecule has 1 saturated carbocycles. The summed E-state index contributed by atoms with van der Waals surface area (Å²) >= 11 is 0. The predicted molar refractivity (Wildman–Crippen MR) is 103 cm³/mol. The molecular weight excluding hydrogens is 326 g/mol. The second kappa shape index (κ2) is 9.39. The van der Waals surface area contributed by atoms with Crippen LogP contribution in [-0.2, 0) is 16.1 Å². The quantitative estimate of drug-likeness (QED) is 0.731. The maximum atomic E-state index is 12.9. The van der Waals surface area contributed by atoms with E-state index in [2.05, 4.69) is 0 Å². The van der Waals surface area contributed by atoms with E-state index in [1.807, 2.05) is 54.6 Å². The number of carbonyl (C=O) groups is 1. The molecule has 0 unspecified atom stereocenters. The van der Waals surface area contributed by atoms with Crippen molar-refractivity contribution < 1.29 is 14.3 Å². The molecule has 0 bridgehead atoms. The molecule has 1 amide bonds. The second-order valence-corrected chi connectivity index (χ2v) is 6.73. The van der Waals surface area contributed by atoms with Crippen LogP contribution in [0, 0.1) is 0 Å². The third-order valence-corrected chi connectivity index (χ3v) is 4.86. The van der Waals surface area contributed by atoms with Gasteiger partial charge in [-0.15, -0.1) is 0 Å². The second-order valence-electron chi connectivity index (χ2n) is 6.73. The molecular formula is C22H27NO3. The molecule has 0 radical (unpaired) electrons. The number of anilines is 1. The first kappa shape index (κ1) is 18.5. The Morgan fingerprint density at radius 3 is 2.35 bits per heavy atom. The highest BCUT2D eigenvalue weighted by Gasteiger charge is 2.20. The molecule has 1 aliphatic rings. The lowest BCUT2D eigenvalue weighted by molar-refractivity contribution is -0.125. The highest BCUT2D eigenvalue weighted by molar-refractivity contribution is 5.94. The van der Waals surface area contributed by atoms with Gasteiger partial charge >= 0.3 is 0 Å². The molecule has 0 atom stereocenters. The first-order valence-corrected chi connectivity index (χ1v) is 9.36. The van der Waals surface area contributed by atoms with Gasteiger partial charge in [-0.1, -0.05) is 49.6 Å². The molecule has 0 aromatic heterocycles. The molecule has 26 heavy (non-hydrogen) atoms. The number of amides is 1. The van der Waals surface area contributed by atoms with Crippen molar-refractivity contribution >= 4 is 11.6 Å². The fourth-order valence-corrected chi connectivity index (χ4v) is 3.35. The Bertz CT molecular complexity index is 678. The lowest BCUT2D eigenvalue weighted by Crippen LogP contribution is -2.35. The average Bonchev–Trinajstić information content (AvgIpc) is 2.72. The molecule has 2 aromatic carbocycles. The number of methoxy groups -OCH3 is 1. The standard InChI is InChI=1S/C22H27NO3/c1-25-20-14-12-19(13-15-20)23(16-18-8-4-2-5-9-18)22(24)17-26-21-10-6-3-7-11-21/h2,4-5,8-9,12-15,21H,3,6-7,10-11,16-17H2,1H3. The van der Waals surface area contributed by atoms with Gasteiger partial charge in [0.05, 0.1) is 19.8 Å². The van der Waals surface area contributed by atoms with E-state index >= 15 is 0 Å². The van der Waals surface area contributed by atoms with Crippen LogP contribution in [0.2, 0.25) is 0 Å². The zero-order chi connectivity index (χ0) is 18.2. The van der Waals surface area contributed by atoms with Crippen molar-refractivity contribution in [2.45, 2.75) is 44.8 Å². The van der Waals surface area contributed by atoms with E-state index in [-0.39, 0.29) is 18.6 Å².